The Kier molecular flexibility index (Phi) is 6.93. The summed E-state index contributed by atoms with van der Waals surface area (Å²) in [4.78, 5) is 41.1. The van der Waals surface area contributed by atoms with E-state index in [0.29, 0.717) is 18.2 Å². The summed E-state index contributed by atoms with van der Waals surface area (Å²) in [5.74, 6) is -0.266. The van der Waals surface area contributed by atoms with E-state index < -0.39 is 0 Å². The number of thiazole rings is 1. The quantitative estimate of drug-likeness (QED) is 0.398. The van der Waals surface area contributed by atoms with Crippen molar-refractivity contribution >= 4 is 39.3 Å². The van der Waals surface area contributed by atoms with Crippen LogP contribution in [0, 0.1) is 0 Å². The van der Waals surface area contributed by atoms with E-state index in [1.54, 1.807) is 9.13 Å². The van der Waals surface area contributed by atoms with Gasteiger partial charge in [0, 0.05) is 37.4 Å². The molecule has 8 nitrogen and oxygen atoms in total. The van der Waals surface area contributed by atoms with Gasteiger partial charge in [0.1, 0.15) is 0 Å². The summed E-state index contributed by atoms with van der Waals surface area (Å²) in [6.07, 6.45) is 0.169. The van der Waals surface area contributed by atoms with Crippen LogP contribution in [0.4, 0.5) is 5.13 Å². The van der Waals surface area contributed by atoms with E-state index in [1.165, 1.54) is 18.3 Å². The predicted molar refractivity (Wildman–Crippen MR) is 135 cm³/mol. The molecule has 2 aromatic carbocycles. The third-order valence-corrected chi connectivity index (χ3v) is 6.44. The van der Waals surface area contributed by atoms with Crippen molar-refractivity contribution in [3.05, 3.63) is 70.0 Å². The molecule has 0 spiro atoms. The minimum absolute atomic E-state index is 0.0718. The highest BCUT2D eigenvalue weighted by Crippen LogP contribution is 2.26. The van der Waals surface area contributed by atoms with Gasteiger partial charge in [0.15, 0.2) is 5.13 Å². The topological polar surface area (TPSA) is 98.0 Å². The number of benzene rings is 2. The monoisotopic (exact) mass is 477 g/mol. The molecule has 0 aliphatic heterocycles. The molecule has 0 fully saturated rings. The predicted octanol–water partition coefficient (Wildman–Crippen LogP) is 4.17. The number of anilines is 1. The zero-order chi connectivity index (χ0) is 24.2. The molecule has 2 N–H and O–H groups in total. The molecule has 2 amide bonds. The number of fused-ring (bicyclic) bond motifs is 1. The lowest BCUT2D eigenvalue weighted by atomic mass is 10.1. The highest BCUT2D eigenvalue weighted by molar-refractivity contribution is 7.14. The van der Waals surface area contributed by atoms with Crippen LogP contribution in [0.3, 0.4) is 0 Å². The molecular formula is C25H27N5O3S. The molecule has 9 heteroatoms. The molecule has 2 heterocycles. The lowest BCUT2D eigenvalue weighted by molar-refractivity contribution is -0.119. The number of carbonyl (C=O) groups is 2. The van der Waals surface area contributed by atoms with Gasteiger partial charge < -0.3 is 10.6 Å². The fraction of sp³-hybridized carbons (Fsp3) is 0.280. The van der Waals surface area contributed by atoms with Gasteiger partial charge in [-0.15, -0.1) is 11.3 Å². The molecule has 0 unspecified atom stereocenters. The molecule has 4 rings (SSSR count). The Morgan fingerprint density at radius 1 is 1.06 bits per heavy atom. The normalized spacial score (nSPS) is 12.0. The number of para-hydroxylation sites is 2. The first kappa shape index (κ1) is 23.4. The third kappa shape index (κ3) is 4.94. The number of nitrogens with zero attached hydrogens (tertiary/aromatic N) is 3. The summed E-state index contributed by atoms with van der Waals surface area (Å²) < 4.78 is 3.36. The van der Waals surface area contributed by atoms with Crippen molar-refractivity contribution in [3.63, 3.8) is 0 Å². The molecule has 0 aliphatic rings. The van der Waals surface area contributed by atoms with Gasteiger partial charge in [-0.1, -0.05) is 36.4 Å². The van der Waals surface area contributed by atoms with E-state index in [0.717, 1.165) is 27.9 Å². The Morgan fingerprint density at radius 3 is 2.38 bits per heavy atom. The van der Waals surface area contributed by atoms with Gasteiger partial charge in [-0.25, -0.2) is 9.78 Å². The number of hydrogen-bond acceptors (Lipinski definition) is 5. The zero-order valence-corrected chi connectivity index (χ0v) is 20.2. The van der Waals surface area contributed by atoms with Gasteiger partial charge in [0.05, 0.1) is 22.8 Å². The van der Waals surface area contributed by atoms with Crippen molar-refractivity contribution in [2.75, 3.05) is 5.32 Å². The van der Waals surface area contributed by atoms with Crippen LogP contribution >= 0.6 is 11.3 Å². The number of imidazole rings is 1. The Labute approximate surface area is 201 Å². The molecule has 176 valence electrons. The molecule has 0 radical (unpaired) electrons. The molecular weight excluding hydrogens is 450 g/mol. The Balaban J connectivity index is 1.40. The molecule has 0 bridgehead atoms. The van der Waals surface area contributed by atoms with Crippen LogP contribution in [0.25, 0.3) is 22.3 Å². The zero-order valence-electron chi connectivity index (χ0n) is 19.4. The average Bonchev–Trinajstić information content (AvgIpc) is 3.39. The minimum Gasteiger partial charge on any atom is -0.350 e. The highest BCUT2D eigenvalue weighted by atomic mass is 32.1. The largest absolute Gasteiger partial charge is 0.350 e. The maximum absolute atomic E-state index is 12.7. The molecule has 4 aromatic rings. The van der Waals surface area contributed by atoms with Gasteiger partial charge in [-0.05, 0) is 31.5 Å². The first-order valence-corrected chi connectivity index (χ1v) is 12.1. The van der Waals surface area contributed by atoms with Gasteiger partial charge in [0.25, 0.3) is 0 Å². The summed E-state index contributed by atoms with van der Waals surface area (Å²) in [7, 11) is 0. The molecule has 0 saturated heterocycles. The number of rotatable bonds is 8. The van der Waals surface area contributed by atoms with Crippen molar-refractivity contribution in [1.29, 1.82) is 0 Å². The fourth-order valence-corrected chi connectivity index (χ4v) is 4.72. The molecule has 0 aliphatic carbocycles. The van der Waals surface area contributed by atoms with Crippen molar-refractivity contribution in [2.45, 2.75) is 46.3 Å². The van der Waals surface area contributed by atoms with Crippen molar-refractivity contribution in [3.8, 4) is 11.3 Å². The fourth-order valence-electron chi connectivity index (χ4n) is 3.98. The van der Waals surface area contributed by atoms with Gasteiger partial charge in [-0.3, -0.25) is 18.7 Å². The number of nitrogens with one attached hydrogen (secondary N) is 2. The first-order valence-electron chi connectivity index (χ1n) is 11.2. The lowest BCUT2D eigenvalue weighted by Crippen LogP contribution is -2.25. The Bertz CT molecular complexity index is 1380. The van der Waals surface area contributed by atoms with E-state index in [4.69, 9.17) is 0 Å². The summed E-state index contributed by atoms with van der Waals surface area (Å²) in [5, 5.41) is 8.11. The van der Waals surface area contributed by atoms with E-state index in [9.17, 15) is 14.4 Å². The van der Waals surface area contributed by atoms with Crippen molar-refractivity contribution in [1.82, 2.24) is 19.4 Å². The maximum atomic E-state index is 12.7. The summed E-state index contributed by atoms with van der Waals surface area (Å²) in [6.45, 7) is 6.23. The number of carbonyl (C=O) groups excluding carboxylic acids is 2. The summed E-state index contributed by atoms with van der Waals surface area (Å²) >= 11 is 1.35. The minimum atomic E-state index is -0.194. The van der Waals surface area contributed by atoms with Gasteiger partial charge in [-0.2, -0.15) is 0 Å². The molecule has 0 saturated carbocycles. The highest BCUT2D eigenvalue weighted by Gasteiger charge is 2.14. The standard InChI is InChI=1S/C25H27N5O3S/c1-4-29-21-7-5-6-8-22(21)30(25(29)33)14-13-23(32)28-24-27-20(15-34-24)19-11-9-18(10-12-19)16(2)26-17(3)31/h5-12,15-16H,4,13-14H2,1-3H3,(H,26,31)(H,27,28,32)/t16-/m0/s1. The Morgan fingerprint density at radius 2 is 1.74 bits per heavy atom. The third-order valence-electron chi connectivity index (χ3n) is 5.68. The number of aryl methyl sites for hydroxylation is 2. The lowest BCUT2D eigenvalue weighted by Gasteiger charge is -2.13. The van der Waals surface area contributed by atoms with Gasteiger partial charge in [0.2, 0.25) is 11.8 Å². The maximum Gasteiger partial charge on any atom is 0.329 e. The molecule has 1 atom stereocenters. The van der Waals surface area contributed by atoms with E-state index in [1.807, 2.05) is 67.8 Å². The first-order chi connectivity index (χ1) is 16.4. The second kappa shape index (κ2) is 10.0. The number of hydrogen-bond donors (Lipinski definition) is 2. The van der Waals surface area contributed by atoms with E-state index in [-0.39, 0.29) is 30.0 Å². The van der Waals surface area contributed by atoms with Crippen LogP contribution in [0.5, 0.6) is 0 Å². The van der Waals surface area contributed by atoms with Crippen molar-refractivity contribution < 1.29 is 9.59 Å². The summed E-state index contributed by atoms with van der Waals surface area (Å²) in [6, 6.07) is 15.3. The summed E-state index contributed by atoms with van der Waals surface area (Å²) in [5.41, 5.74) is 4.29. The Hall–Kier alpha value is -3.72. The number of amides is 2. The van der Waals surface area contributed by atoms with Crippen molar-refractivity contribution in [2.24, 2.45) is 0 Å². The SMILES string of the molecule is CCn1c(=O)n(CCC(=O)Nc2nc(-c3ccc([C@H](C)NC(C)=O)cc3)cs2)c2ccccc21. The number of aromatic nitrogens is 3. The molecule has 2 aromatic heterocycles. The van der Waals surface area contributed by atoms with E-state index in [2.05, 4.69) is 15.6 Å². The smallest absolute Gasteiger partial charge is 0.329 e. The van der Waals surface area contributed by atoms with Crippen LogP contribution in [0.2, 0.25) is 0 Å². The second-order valence-electron chi connectivity index (χ2n) is 8.05. The van der Waals surface area contributed by atoms with Crippen LogP contribution in [0.1, 0.15) is 38.8 Å². The van der Waals surface area contributed by atoms with Crippen LogP contribution in [0.15, 0.2) is 58.7 Å². The van der Waals surface area contributed by atoms with E-state index >= 15 is 0 Å². The van der Waals surface area contributed by atoms with Crippen LogP contribution < -0.4 is 16.3 Å². The average molecular weight is 478 g/mol. The second-order valence-corrected chi connectivity index (χ2v) is 8.91. The van der Waals surface area contributed by atoms with Gasteiger partial charge >= 0.3 is 5.69 Å². The molecule has 34 heavy (non-hydrogen) atoms. The van der Waals surface area contributed by atoms with Crippen LogP contribution in [-0.2, 0) is 22.7 Å². The van der Waals surface area contributed by atoms with Crippen LogP contribution in [-0.4, -0.2) is 25.9 Å².